The fourth-order valence-electron chi connectivity index (χ4n) is 3.68. The third-order valence-electron chi connectivity index (χ3n) is 5.48. The van der Waals surface area contributed by atoms with Crippen molar-refractivity contribution in [3.05, 3.63) is 42.1 Å². The number of hydrogen-bond donors (Lipinski definition) is 3. The van der Waals surface area contributed by atoms with E-state index in [1.807, 2.05) is 37.2 Å². The second-order valence-electron chi connectivity index (χ2n) is 7.93. The van der Waals surface area contributed by atoms with Crippen molar-refractivity contribution in [2.75, 3.05) is 30.9 Å². The maximum atomic E-state index is 12.1. The van der Waals surface area contributed by atoms with Crippen LogP contribution in [0.4, 0.5) is 11.8 Å². The second-order valence-corrected chi connectivity index (χ2v) is 7.93. The summed E-state index contributed by atoms with van der Waals surface area (Å²) in [5.41, 5.74) is 0.815. The van der Waals surface area contributed by atoms with Gasteiger partial charge in [0.15, 0.2) is 0 Å². The number of carbonyl (C=O) groups is 1. The standard InChI is InChI=1S/C22H31N5O2/c1-27(2)20-13-14-23-22(26-20)25-18-10-7-16(8-11-18)15-24-21(29)12-9-17-5-3-4-6-19(17)28/h3-6,13-14,16,18,28H,7-12,15H2,1-2H3,(H,24,29)(H,23,25,26). The van der Waals surface area contributed by atoms with Crippen molar-refractivity contribution in [2.45, 2.75) is 44.6 Å². The minimum atomic E-state index is 0.0439. The predicted molar refractivity (Wildman–Crippen MR) is 115 cm³/mol. The lowest BCUT2D eigenvalue weighted by Gasteiger charge is -2.29. The van der Waals surface area contributed by atoms with Crippen molar-refractivity contribution in [2.24, 2.45) is 5.92 Å². The molecule has 0 unspecified atom stereocenters. The maximum Gasteiger partial charge on any atom is 0.224 e. The summed E-state index contributed by atoms with van der Waals surface area (Å²) < 4.78 is 0. The zero-order valence-electron chi connectivity index (χ0n) is 17.3. The third-order valence-corrected chi connectivity index (χ3v) is 5.48. The van der Waals surface area contributed by atoms with Crippen LogP contribution in [0.3, 0.4) is 0 Å². The molecule has 156 valence electrons. The van der Waals surface area contributed by atoms with Gasteiger partial charge in [-0.15, -0.1) is 0 Å². The number of phenols is 1. The molecule has 1 aromatic heterocycles. The van der Waals surface area contributed by atoms with Gasteiger partial charge in [0.25, 0.3) is 0 Å². The number of amides is 1. The minimum absolute atomic E-state index is 0.0439. The molecule has 2 aromatic rings. The Kier molecular flexibility index (Phi) is 7.27. The van der Waals surface area contributed by atoms with Gasteiger partial charge < -0.3 is 20.6 Å². The molecule has 1 aliphatic carbocycles. The van der Waals surface area contributed by atoms with Crippen LogP contribution in [0, 0.1) is 5.92 Å². The number of rotatable bonds is 8. The number of para-hydroxylation sites is 1. The van der Waals surface area contributed by atoms with E-state index in [1.54, 1.807) is 18.3 Å². The van der Waals surface area contributed by atoms with Gasteiger partial charge in [0.1, 0.15) is 11.6 Å². The van der Waals surface area contributed by atoms with Crippen molar-refractivity contribution in [1.29, 1.82) is 0 Å². The van der Waals surface area contributed by atoms with Crippen molar-refractivity contribution >= 4 is 17.7 Å². The highest BCUT2D eigenvalue weighted by Gasteiger charge is 2.22. The summed E-state index contributed by atoms with van der Waals surface area (Å²) in [6, 6.07) is 9.44. The van der Waals surface area contributed by atoms with E-state index >= 15 is 0 Å². The van der Waals surface area contributed by atoms with E-state index in [0.29, 0.717) is 30.7 Å². The number of aryl methyl sites for hydroxylation is 1. The Morgan fingerprint density at radius 1 is 1.17 bits per heavy atom. The first-order valence-corrected chi connectivity index (χ1v) is 10.3. The normalized spacial score (nSPS) is 18.8. The van der Waals surface area contributed by atoms with Gasteiger partial charge in [-0.25, -0.2) is 4.98 Å². The highest BCUT2D eigenvalue weighted by Crippen LogP contribution is 2.26. The molecule has 0 saturated heterocycles. The summed E-state index contributed by atoms with van der Waals surface area (Å²) in [4.78, 5) is 22.9. The zero-order valence-corrected chi connectivity index (χ0v) is 17.3. The van der Waals surface area contributed by atoms with Gasteiger partial charge in [-0.1, -0.05) is 18.2 Å². The Balaban J connectivity index is 1.36. The van der Waals surface area contributed by atoms with Gasteiger partial charge in [0.2, 0.25) is 11.9 Å². The molecule has 0 spiro atoms. The number of aromatic nitrogens is 2. The predicted octanol–water partition coefficient (Wildman–Crippen LogP) is 2.97. The molecule has 0 radical (unpaired) electrons. The molecule has 7 heteroatoms. The molecule has 0 aliphatic heterocycles. The summed E-state index contributed by atoms with van der Waals surface area (Å²) in [7, 11) is 3.93. The number of anilines is 2. The van der Waals surface area contributed by atoms with Crippen LogP contribution >= 0.6 is 0 Å². The Morgan fingerprint density at radius 2 is 1.93 bits per heavy atom. The molecule has 3 rings (SSSR count). The smallest absolute Gasteiger partial charge is 0.224 e. The quantitative estimate of drug-likeness (QED) is 0.634. The van der Waals surface area contributed by atoms with Gasteiger partial charge in [-0.2, -0.15) is 4.98 Å². The summed E-state index contributed by atoms with van der Waals surface area (Å²) in [6.45, 7) is 0.721. The number of benzene rings is 1. The fourth-order valence-corrected chi connectivity index (χ4v) is 3.68. The lowest BCUT2D eigenvalue weighted by Crippen LogP contribution is -2.34. The number of phenolic OH excluding ortho intramolecular Hbond substituents is 1. The van der Waals surface area contributed by atoms with Crippen molar-refractivity contribution in [1.82, 2.24) is 15.3 Å². The molecule has 7 nitrogen and oxygen atoms in total. The molecule has 1 fully saturated rings. The second kappa shape index (κ2) is 10.1. The first-order chi connectivity index (χ1) is 14.0. The van der Waals surface area contributed by atoms with E-state index in [4.69, 9.17) is 0 Å². The summed E-state index contributed by atoms with van der Waals surface area (Å²) in [6.07, 6.45) is 6.98. The van der Waals surface area contributed by atoms with Crippen LogP contribution in [-0.4, -0.2) is 47.7 Å². The number of nitrogens with zero attached hydrogens (tertiary/aromatic N) is 3. The molecule has 0 atom stereocenters. The molecule has 1 aliphatic rings. The molecule has 29 heavy (non-hydrogen) atoms. The SMILES string of the molecule is CN(C)c1ccnc(NC2CCC(CNC(=O)CCc3ccccc3O)CC2)n1. The van der Waals surface area contributed by atoms with Crippen LogP contribution in [0.25, 0.3) is 0 Å². The molecule has 1 amide bonds. The molecule has 1 saturated carbocycles. The van der Waals surface area contributed by atoms with Crippen LogP contribution in [-0.2, 0) is 11.2 Å². The van der Waals surface area contributed by atoms with Crippen molar-refractivity contribution in [3.63, 3.8) is 0 Å². The van der Waals surface area contributed by atoms with Crippen LogP contribution in [0.15, 0.2) is 36.5 Å². The topological polar surface area (TPSA) is 90.4 Å². The molecule has 1 aromatic carbocycles. The van der Waals surface area contributed by atoms with Crippen LogP contribution < -0.4 is 15.5 Å². The van der Waals surface area contributed by atoms with E-state index in [1.165, 1.54) is 0 Å². The first-order valence-electron chi connectivity index (χ1n) is 10.3. The Labute approximate surface area is 172 Å². The van der Waals surface area contributed by atoms with E-state index in [0.717, 1.165) is 43.6 Å². The van der Waals surface area contributed by atoms with E-state index < -0.39 is 0 Å². The van der Waals surface area contributed by atoms with Crippen molar-refractivity contribution in [3.8, 4) is 5.75 Å². The summed E-state index contributed by atoms with van der Waals surface area (Å²) in [5.74, 6) is 2.38. The number of carbonyl (C=O) groups excluding carboxylic acids is 1. The summed E-state index contributed by atoms with van der Waals surface area (Å²) >= 11 is 0. The van der Waals surface area contributed by atoms with Crippen molar-refractivity contribution < 1.29 is 9.90 Å². The molecular formula is C22H31N5O2. The van der Waals surface area contributed by atoms with E-state index in [2.05, 4.69) is 20.6 Å². The van der Waals surface area contributed by atoms with Crippen LogP contribution in [0.2, 0.25) is 0 Å². The monoisotopic (exact) mass is 397 g/mol. The van der Waals surface area contributed by atoms with E-state index in [9.17, 15) is 9.90 Å². The lowest BCUT2D eigenvalue weighted by molar-refractivity contribution is -0.121. The Bertz CT molecular complexity index is 803. The molecule has 3 N–H and O–H groups in total. The van der Waals surface area contributed by atoms with Gasteiger partial charge in [0.05, 0.1) is 0 Å². The average molecular weight is 398 g/mol. The van der Waals surface area contributed by atoms with Gasteiger partial charge in [-0.05, 0) is 55.7 Å². The number of aromatic hydroxyl groups is 1. The third kappa shape index (κ3) is 6.34. The van der Waals surface area contributed by atoms with Gasteiger partial charge in [0, 0.05) is 39.3 Å². The maximum absolute atomic E-state index is 12.1. The van der Waals surface area contributed by atoms with Crippen LogP contribution in [0.1, 0.15) is 37.7 Å². The highest BCUT2D eigenvalue weighted by molar-refractivity contribution is 5.76. The van der Waals surface area contributed by atoms with E-state index in [-0.39, 0.29) is 11.7 Å². The Morgan fingerprint density at radius 3 is 2.66 bits per heavy atom. The molecular weight excluding hydrogens is 366 g/mol. The largest absolute Gasteiger partial charge is 0.508 e. The van der Waals surface area contributed by atoms with Gasteiger partial charge >= 0.3 is 0 Å². The first kappa shape index (κ1) is 20.9. The minimum Gasteiger partial charge on any atom is -0.508 e. The fraction of sp³-hybridized carbons (Fsp3) is 0.500. The molecule has 0 bridgehead atoms. The molecule has 1 heterocycles. The average Bonchev–Trinajstić information content (AvgIpc) is 2.73. The lowest BCUT2D eigenvalue weighted by atomic mass is 9.86. The Hall–Kier alpha value is -2.83. The highest BCUT2D eigenvalue weighted by atomic mass is 16.3. The summed E-state index contributed by atoms with van der Waals surface area (Å²) in [5, 5.41) is 16.3. The number of nitrogens with one attached hydrogen (secondary N) is 2. The van der Waals surface area contributed by atoms with Gasteiger partial charge in [-0.3, -0.25) is 4.79 Å². The number of hydrogen-bond acceptors (Lipinski definition) is 6. The van der Waals surface area contributed by atoms with Crippen LogP contribution in [0.5, 0.6) is 5.75 Å². The zero-order chi connectivity index (χ0) is 20.6.